The van der Waals surface area contributed by atoms with E-state index >= 15 is 0 Å². The minimum Gasteiger partial charge on any atom is -0.372 e. The molecule has 4 saturated heterocycles. The number of anilines is 1. The van der Waals surface area contributed by atoms with Crippen LogP contribution in [0.25, 0.3) is 0 Å². The van der Waals surface area contributed by atoms with Gasteiger partial charge in [-0.3, -0.25) is 14.9 Å². The van der Waals surface area contributed by atoms with Crippen molar-refractivity contribution in [1.29, 1.82) is 0 Å². The largest absolute Gasteiger partial charge is 0.372 e. The molecule has 1 atom stereocenters. The molecule has 6 nitrogen and oxygen atoms in total. The Balaban J connectivity index is 1.11. The van der Waals surface area contributed by atoms with Crippen LogP contribution in [0, 0.1) is 11.3 Å². The van der Waals surface area contributed by atoms with Gasteiger partial charge >= 0.3 is 0 Å². The number of carbonyl (C=O) groups excluding carboxylic acids is 2. The normalized spacial score (nSPS) is 28.0. The number of carbonyl (C=O) groups is 2. The smallest absolute Gasteiger partial charge is 0.234 e. The van der Waals surface area contributed by atoms with E-state index in [9.17, 15) is 9.59 Å². The number of rotatable bonds is 4. The molecule has 4 aliphatic heterocycles. The van der Waals surface area contributed by atoms with Crippen molar-refractivity contribution < 1.29 is 9.59 Å². The average molecular weight is 383 g/mol. The number of nitrogens with zero attached hydrogens (tertiary/aromatic N) is 2. The van der Waals surface area contributed by atoms with Crippen LogP contribution >= 0.6 is 0 Å². The molecule has 5 rings (SSSR count). The molecule has 0 aliphatic carbocycles. The summed E-state index contributed by atoms with van der Waals surface area (Å²) in [6.45, 7) is 8.52. The molecule has 0 radical (unpaired) electrons. The molecule has 4 fully saturated rings. The van der Waals surface area contributed by atoms with Crippen molar-refractivity contribution in [2.45, 2.75) is 31.6 Å². The highest BCUT2D eigenvalue weighted by Crippen LogP contribution is 2.36. The highest BCUT2D eigenvalue weighted by Gasteiger charge is 2.47. The summed E-state index contributed by atoms with van der Waals surface area (Å²) in [5.41, 5.74) is 2.89. The van der Waals surface area contributed by atoms with E-state index in [0.717, 1.165) is 24.6 Å². The molecule has 0 unspecified atom stereocenters. The Kier molecular flexibility index (Phi) is 4.63. The summed E-state index contributed by atoms with van der Waals surface area (Å²) in [6.07, 6.45) is 3.57. The van der Waals surface area contributed by atoms with Gasteiger partial charge in [0.25, 0.3) is 0 Å². The fraction of sp³-hybridized carbons (Fsp3) is 0.636. The quantitative estimate of drug-likeness (QED) is 0.769. The molecular weight excluding hydrogens is 352 g/mol. The molecule has 1 aromatic rings. The maximum Gasteiger partial charge on any atom is 0.234 e. The van der Waals surface area contributed by atoms with E-state index in [1.54, 1.807) is 0 Å². The second kappa shape index (κ2) is 7.16. The molecule has 1 spiro atoms. The molecule has 6 heteroatoms. The molecule has 4 aliphatic rings. The zero-order chi connectivity index (χ0) is 19.1. The van der Waals surface area contributed by atoms with Gasteiger partial charge in [0.05, 0.1) is 5.92 Å². The summed E-state index contributed by atoms with van der Waals surface area (Å²) in [5, 5.41) is 5.86. The molecular formula is C22H30N4O2. The first kappa shape index (κ1) is 18.1. The average Bonchev–Trinajstić information content (AvgIpc) is 2.64. The third-order valence-corrected chi connectivity index (χ3v) is 7.15. The Morgan fingerprint density at radius 2 is 1.71 bits per heavy atom. The summed E-state index contributed by atoms with van der Waals surface area (Å²) in [6, 6.07) is 8.41. The minimum atomic E-state index is -0.192. The lowest BCUT2D eigenvalue weighted by Crippen LogP contribution is -2.71. The van der Waals surface area contributed by atoms with Crippen LogP contribution in [0.5, 0.6) is 0 Å². The number of hydrogen-bond donors (Lipinski definition) is 2. The van der Waals surface area contributed by atoms with Crippen LogP contribution in [-0.2, 0) is 9.59 Å². The predicted molar refractivity (Wildman–Crippen MR) is 108 cm³/mol. The van der Waals surface area contributed by atoms with Crippen LogP contribution in [0.2, 0.25) is 0 Å². The molecule has 0 bridgehead atoms. The van der Waals surface area contributed by atoms with Crippen molar-refractivity contribution in [3.8, 4) is 0 Å². The summed E-state index contributed by atoms with van der Waals surface area (Å²) in [5.74, 6) is 0.321. The van der Waals surface area contributed by atoms with Gasteiger partial charge in [0.1, 0.15) is 0 Å². The lowest BCUT2D eigenvalue weighted by atomic mass is 9.74. The molecule has 2 amide bonds. The number of piperidine rings is 2. The van der Waals surface area contributed by atoms with Gasteiger partial charge in [-0.05, 0) is 42.9 Å². The van der Waals surface area contributed by atoms with Crippen LogP contribution in [0.4, 0.5) is 5.69 Å². The number of amides is 2. The fourth-order valence-electron chi connectivity index (χ4n) is 5.40. The monoisotopic (exact) mass is 382 g/mol. The second-order valence-electron chi connectivity index (χ2n) is 9.30. The van der Waals surface area contributed by atoms with Crippen molar-refractivity contribution >= 4 is 17.5 Å². The van der Waals surface area contributed by atoms with Gasteiger partial charge in [-0.2, -0.15) is 0 Å². The zero-order valence-electron chi connectivity index (χ0n) is 16.5. The Morgan fingerprint density at radius 1 is 1.00 bits per heavy atom. The summed E-state index contributed by atoms with van der Waals surface area (Å²) >= 11 is 0. The molecule has 150 valence electrons. The van der Waals surface area contributed by atoms with Crippen molar-refractivity contribution in [2.75, 3.05) is 50.7 Å². The maximum atomic E-state index is 12.1. The fourth-order valence-corrected chi connectivity index (χ4v) is 5.40. The zero-order valence-corrected chi connectivity index (χ0v) is 16.5. The van der Waals surface area contributed by atoms with Crippen LogP contribution in [-0.4, -0.2) is 62.5 Å². The number of likely N-dealkylation sites (tertiary alicyclic amines) is 1. The highest BCUT2D eigenvalue weighted by atomic mass is 16.2. The number of nitrogens with one attached hydrogen (secondary N) is 2. The van der Waals surface area contributed by atoms with E-state index in [1.807, 2.05) is 0 Å². The van der Waals surface area contributed by atoms with Gasteiger partial charge < -0.3 is 15.1 Å². The Bertz CT molecular complexity index is 742. The van der Waals surface area contributed by atoms with E-state index in [-0.39, 0.29) is 17.7 Å². The van der Waals surface area contributed by atoms with Gasteiger partial charge in [0.15, 0.2) is 0 Å². The molecule has 1 aromatic carbocycles. The topological polar surface area (TPSA) is 64.7 Å². The Hall–Kier alpha value is -1.92. The predicted octanol–water partition coefficient (Wildman–Crippen LogP) is 1.33. The minimum absolute atomic E-state index is 0.154. The lowest BCUT2D eigenvalue weighted by molar-refractivity contribution is -0.134. The van der Waals surface area contributed by atoms with E-state index in [0.29, 0.717) is 18.3 Å². The standard InChI is InChI=1S/C22H30N4O2/c27-20-6-5-19(21(28)24-20)17-1-3-18(4-2-17)26-9-7-16(8-10-26)11-25-14-22(15-25)12-23-13-22/h1-4,16,19,23H,5-15H2,(H,24,27,28)/t19-/m1/s1. The summed E-state index contributed by atoms with van der Waals surface area (Å²) < 4.78 is 0. The lowest BCUT2D eigenvalue weighted by Gasteiger charge is -2.57. The second-order valence-corrected chi connectivity index (χ2v) is 9.30. The van der Waals surface area contributed by atoms with Gasteiger partial charge in [-0.15, -0.1) is 0 Å². The van der Waals surface area contributed by atoms with Crippen LogP contribution < -0.4 is 15.5 Å². The number of imide groups is 1. The van der Waals surface area contributed by atoms with E-state index in [4.69, 9.17) is 0 Å². The first-order chi connectivity index (χ1) is 13.6. The van der Waals surface area contributed by atoms with Crippen molar-refractivity contribution in [3.05, 3.63) is 29.8 Å². The molecule has 0 saturated carbocycles. The first-order valence-electron chi connectivity index (χ1n) is 10.7. The molecule has 2 N–H and O–H groups in total. The molecule has 0 aromatic heterocycles. The van der Waals surface area contributed by atoms with E-state index < -0.39 is 0 Å². The molecule has 28 heavy (non-hydrogen) atoms. The maximum absolute atomic E-state index is 12.1. The summed E-state index contributed by atoms with van der Waals surface area (Å²) in [4.78, 5) is 28.5. The Morgan fingerprint density at radius 3 is 2.32 bits per heavy atom. The van der Waals surface area contributed by atoms with Crippen LogP contribution in [0.15, 0.2) is 24.3 Å². The van der Waals surface area contributed by atoms with Crippen molar-refractivity contribution in [2.24, 2.45) is 11.3 Å². The van der Waals surface area contributed by atoms with Gasteiger partial charge in [0, 0.05) is 63.3 Å². The number of benzene rings is 1. The van der Waals surface area contributed by atoms with Gasteiger partial charge in [0.2, 0.25) is 11.8 Å². The van der Waals surface area contributed by atoms with Gasteiger partial charge in [-0.25, -0.2) is 0 Å². The van der Waals surface area contributed by atoms with Crippen molar-refractivity contribution in [3.63, 3.8) is 0 Å². The van der Waals surface area contributed by atoms with Gasteiger partial charge in [-0.1, -0.05) is 12.1 Å². The first-order valence-corrected chi connectivity index (χ1v) is 10.7. The van der Waals surface area contributed by atoms with Crippen LogP contribution in [0.3, 0.4) is 0 Å². The van der Waals surface area contributed by atoms with Crippen molar-refractivity contribution in [1.82, 2.24) is 15.5 Å². The highest BCUT2D eigenvalue weighted by molar-refractivity contribution is 6.00. The Labute approximate surface area is 166 Å². The number of hydrogen-bond acceptors (Lipinski definition) is 5. The van der Waals surface area contributed by atoms with E-state index in [2.05, 4.69) is 44.7 Å². The van der Waals surface area contributed by atoms with Crippen LogP contribution in [0.1, 0.15) is 37.2 Å². The third kappa shape index (κ3) is 3.44. The van der Waals surface area contributed by atoms with E-state index in [1.165, 1.54) is 51.3 Å². The molecule has 4 heterocycles. The third-order valence-electron chi connectivity index (χ3n) is 7.15. The summed E-state index contributed by atoms with van der Waals surface area (Å²) in [7, 11) is 0. The SMILES string of the molecule is O=C1CC[C@H](c2ccc(N3CCC(CN4CC5(CNC5)C4)CC3)cc2)C(=O)N1.